The lowest BCUT2D eigenvalue weighted by molar-refractivity contribution is -0.117. The maximum atomic E-state index is 13.5. The van der Waals surface area contributed by atoms with E-state index in [9.17, 15) is 4.79 Å². The maximum absolute atomic E-state index is 13.5. The highest BCUT2D eigenvalue weighted by atomic mass is 16.5. The quantitative estimate of drug-likeness (QED) is 0.240. The second-order valence-electron chi connectivity index (χ2n) is 9.36. The lowest BCUT2D eigenvalue weighted by Crippen LogP contribution is -2.20. The molecular weight excluding hydrogens is 468 g/mol. The maximum Gasteiger partial charge on any atom is 0.231 e. The van der Waals surface area contributed by atoms with Gasteiger partial charge in [0.15, 0.2) is 0 Å². The van der Waals surface area contributed by atoms with Gasteiger partial charge in [-0.1, -0.05) is 91.0 Å². The highest BCUT2D eigenvalue weighted by Crippen LogP contribution is 2.28. The first kappa shape index (κ1) is 24.8. The third-order valence-corrected chi connectivity index (χ3v) is 6.72. The number of nitrogens with one attached hydrogen (secondary N) is 1. The first-order valence-electron chi connectivity index (χ1n) is 12.7. The van der Waals surface area contributed by atoms with Crippen molar-refractivity contribution in [1.29, 1.82) is 5.26 Å². The average Bonchev–Trinajstić information content (AvgIpc) is 2.97. The van der Waals surface area contributed by atoms with Crippen molar-refractivity contribution in [3.8, 4) is 11.8 Å². The van der Waals surface area contributed by atoms with Gasteiger partial charge < -0.3 is 10.1 Å². The van der Waals surface area contributed by atoms with Crippen molar-refractivity contribution in [3.63, 3.8) is 0 Å². The van der Waals surface area contributed by atoms with Crippen LogP contribution in [0, 0.1) is 11.3 Å². The van der Waals surface area contributed by atoms with Gasteiger partial charge in [-0.3, -0.25) is 4.79 Å². The number of hydrogen-bond donors (Lipinski definition) is 1. The van der Waals surface area contributed by atoms with Gasteiger partial charge in [-0.2, -0.15) is 5.26 Å². The van der Waals surface area contributed by atoms with Crippen LogP contribution < -0.4 is 10.1 Å². The van der Waals surface area contributed by atoms with Crippen LogP contribution in [0.4, 0.5) is 5.69 Å². The fourth-order valence-corrected chi connectivity index (χ4v) is 4.63. The highest BCUT2D eigenvalue weighted by molar-refractivity contribution is 5.99. The van der Waals surface area contributed by atoms with Crippen LogP contribution >= 0.6 is 0 Å². The van der Waals surface area contributed by atoms with E-state index in [1.54, 1.807) is 18.2 Å². The van der Waals surface area contributed by atoms with Gasteiger partial charge in [0, 0.05) is 5.69 Å². The Hall–Kier alpha value is -4.88. The Labute approximate surface area is 223 Å². The van der Waals surface area contributed by atoms with Gasteiger partial charge in [0.2, 0.25) is 5.91 Å². The van der Waals surface area contributed by atoms with E-state index in [1.165, 1.54) is 5.56 Å². The molecule has 1 atom stereocenters. The van der Waals surface area contributed by atoms with Gasteiger partial charge in [-0.15, -0.1) is 0 Å². The summed E-state index contributed by atoms with van der Waals surface area (Å²) >= 11 is 0. The fourth-order valence-electron chi connectivity index (χ4n) is 4.63. The third kappa shape index (κ3) is 5.74. The van der Waals surface area contributed by atoms with Crippen molar-refractivity contribution < 1.29 is 9.53 Å². The molecule has 0 aliphatic heterocycles. The number of nitrogens with zero attached hydrogens (tertiary/aromatic N) is 1. The molecule has 0 spiro atoms. The lowest BCUT2D eigenvalue weighted by atomic mass is 9.93. The molecule has 5 rings (SSSR count). The normalized spacial score (nSPS) is 11.5. The molecule has 0 bridgehead atoms. The smallest absolute Gasteiger partial charge is 0.231 e. The Balaban J connectivity index is 1.41. The van der Waals surface area contributed by atoms with Gasteiger partial charge in [0.05, 0.1) is 17.6 Å². The van der Waals surface area contributed by atoms with E-state index in [0.29, 0.717) is 24.3 Å². The summed E-state index contributed by atoms with van der Waals surface area (Å²) in [7, 11) is 0. The van der Waals surface area contributed by atoms with Crippen molar-refractivity contribution in [1.82, 2.24) is 0 Å². The minimum absolute atomic E-state index is 0.0598. The summed E-state index contributed by atoms with van der Waals surface area (Å²) in [5.41, 5.74) is 5.46. The molecule has 0 saturated carbocycles. The standard InChI is InChI=1S/C34H28N2O2/c1-24(31-16-8-13-28-12-5-6-15-32(28)31)34(37)36-33-21-27(23-38-30-14-7-11-26(20-30)22-35)17-18-29(33)19-25-9-3-2-4-10-25/h2-18,20-21,24H,19,23H2,1H3,(H,36,37). The summed E-state index contributed by atoms with van der Waals surface area (Å²) in [6.07, 6.45) is 0.699. The van der Waals surface area contributed by atoms with Gasteiger partial charge >= 0.3 is 0 Å². The lowest BCUT2D eigenvalue weighted by Gasteiger charge is -2.18. The minimum atomic E-state index is -0.334. The molecular formula is C34H28N2O2. The first-order chi connectivity index (χ1) is 18.6. The number of ether oxygens (including phenoxy) is 1. The summed E-state index contributed by atoms with van der Waals surface area (Å²) in [6.45, 7) is 2.27. The number of fused-ring (bicyclic) bond motifs is 1. The van der Waals surface area contributed by atoms with Crippen LogP contribution in [0.5, 0.6) is 5.75 Å². The molecule has 0 aliphatic carbocycles. The number of amides is 1. The number of benzene rings is 5. The molecule has 4 nitrogen and oxygen atoms in total. The summed E-state index contributed by atoms with van der Waals surface area (Å²) in [5, 5.41) is 14.6. The molecule has 38 heavy (non-hydrogen) atoms. The summed E-state index contributed by atoms with van der Waals surface area (Å²) in [5.74, 6) is 0.238. The van der Waals surface area contributed by atoms with Crippen molar-refractivity contribution in [2.24, 2.45) is 0 Å². The van der Waals surface area contributed by atoms with Gasteiger partial charge in [0.25, 0.3) is 0 Å². The van der Waals surface area contributed by atoms with Crippen molar-refractivity contribution in [3.05, 3.63) is 143 Å². The van der Waals surface area contributed by atoms with Crippen LogP contribution in [0.2, 0.25) is 0 Å². The molecule has 1 amide bonds. The molecule has 0 heterocycles. The number of nitriles is 1. The zero-order valence-electron chi connectivity index (χ0n) is 21.2. The summed E-state index contributed by atoms with van der Waals surface area (Å²) < 4.78 is 5.95. The van der Waals surface area contributed by atoms with Crippen LogP contribution in [0.25, 0.3) is 10.8 Å². The van der Waals surface area contributed by atoms with E-state index in [2.05, 4.69) is 47.8 Å². The molecule has 5 aromatic carbocycles. The molecule has 0 saturated heterocycles. The summed E-state index contributed by atoms with van der Waals surface area (Å²) in [6, 6.07) is 39.8. The van der Waals surface area contributed by atoms with Crippen LogP contribution in [-0.2, 0) is 17.8 Å². The minimum Gasteiger partial charge on any atom is -0.489 e. The second kappa shape index (κ2) is 11.5. The average molecular weight is 497 g/mol. The highest BCUT2D eigenvalue weighted by Gasteiger charge is 2.19. The monoisotopic (exact) mass is 496 g/mol. The van der Waals surface area contributed by atoms with Crippen LogP contribution in [0.3, 0.4) is 0 Å². The SMILES string of the molecule is CC(C(=O)Nc1cc(COc2cccc(C#N)c2)ccc1Cc1ccccc1)c1cccc2ccccc12. The second-order valence-corrected chi connectivity index (χ2v) is 9.36. The van der Waals surface area contributed by atoms with E-state index in [1.807, 2.05) is 67.6 Å². The molecule has 4 heteroatoms. The molecule has 0 radical (unpaired) electrons. The number of hydrogen-bond acceptors (Lipinski definition) is 3. The number of carbonyl (C=O) groups is 1. The van der Waals surface area contributed by atoms with Crippen molar-refractivity contribution >= 4 is 22.4 Å². The van der Waals surface area contributed by atoms with Gasteiger partial charge in [-0.25, -0.2) is 0 Å². The Kier molecular flexibility index (Phi) is 7.47. The third-order valence-electron chi connectivity index (χ3n) is 6.72. The van der Waals surface area contributed by atoms with Crippen LogP contribution in [0.15, 0.2) is 115 Å². The molecule has 0 aliphatic rings. The van der Waals surface area contributed by atoms with Crippen LogP contribution in [0.1, 0.15) is 40.7 Å². The summed E-state index contributed by atoms with van der Waals surface area (Å²) in [4.78, 5) is 13.5. The topological polar surface area (TPSA) is 62.1 Å². The fraction of sp³-hybridized carbons (Fsp3) is 0.118. The van der Waals surface area contributed by atoms with E-state index in [-0.39, 0.29) is 11.8 Å². The first-order valence-corrected chi connectivity index (χ1v) is 12.7. The van der Waals surface area contributed by atoms with E-state index in [0.717, 1.165) is 33.2 Å². The molecule has 1 unspecified atom stereocenters. The van der Waals surface area contributed by atoms with Gasteiger partial charge in [-0.05, 0) is 70.6 Å². The van der Waals surface area contributed by atoms with Crippen LogP contribution in [-0.4, -0.2) is 5.91 Å². The molecule has 5 aromatic rings. The van der Waals surface area contributed by atoms with Crippen molar-refractivity contribution in [2.45, 2.75) is 25.9 Å². The molecule has 1 N–H and O–H groups in total. The predicted octanol–water partition coefficient (Wildman–Crippen LogP) is 7.62. The molecule has 0 fully saturated rings. The molecule has 186 valence electrons. The Morgan fingerprint density at radius 3 is 2.45 bits per heavy atom. The predicted molar refractivity (Wildman–Crippen MR) is 152 cm³/mol. The molecule has 0 aromatic heterocycles. The van der Waals surface area contributed by atoms with E-state index in [4.69, 9.17) is 10.00 Å². The Morgan fingerprint density at radius 1 is 0.842 bits per heavy atom. The largest absolute Gasteiger partial charge is 0.489 e. The Morgan fingerprint density at radius 2 is 1.61 bits per heavy atom. The van der Waals surface area contributed by atoms with Crippen molar-refractivity contribution in [2.75, 3.05) is 5.32 Å². The number of carbonyl (C=O) groups excluding carboxylic acids is 1. The van der Waals surface area contributed by atoms with E-state index < -0.39 is 0 Å². The Bertz CT molecular complexity index is 1610. The number of anilines is 1. The zero-order valence-corrected chi connectivity index (χ0v) is 21.2. The van der Waals surface area contributed by atoms with Gasteiger partial charge in [0.1, 0.15) is 12.4 Å². The zero-order chi connectivity index (χ0) is 26.3. The number of rotatable bonds is 8. The van der Waals surface area contributed by atoms with E-state index >= 15 is 0 Å².